The van der Waals surface area contributed by atoms with Crippen LogP contribution in [-0.4, -0.2) is 58.4 Å². The minimum atomic E-state index is -1.86. The minimum Gasteiger partial charge on any atom is -0.393 e. The summed E-state index contributed by atoms with van der Waals surface area (Å²) in [5.74, 6) is -1.86. The molecule has 6 nitrogen and oxygen atoms in total. The summed E-state index contributed by atoms with van der Waals surface area (Å²) in [7, 11) is 0. The van der Waals surface area contributed by atoms with Gasteiger partial charge in [0.15, 0.2) is 6.29 Å². The maximum atomic E-state index is 9.22. The molecule has 3 atom stereocenters. The molecule has 0 aliphatic carbocycles. The molecule has 0 saturated carbocycles. The fraction of sp³-hybridized carbons (Fsp3) is 1.00. The summed E-state index contributed by atoms with van der Waals surface area (Å²) in [6.07, 6.45) is -2.28. The van der Waals surface area contributed by atoms with E-state index in [2.05, 4.69) is 4.74 Å². The highest BCUT2D eigenvalue weighted by Gasteiger charge is 2.39. The van der Waals surface area contributed by atoms with E-state index < -0.39 is 31.4 Å². The molecule has 4 N–H and O–H groups in total. The van der Waals surface area contributed by atoms with Gasteiger partial charge in [-0.05, 0) is 0 Å². The first-order chi connectivity index (χ1) is 5.61. The molecule has 1 saturated heterocycles. The molecular weight excluding hydrogens is 168 g/mol. The lowest BCUT2D eigenvalue weighted by Crippen LogP contribution is -2.55. The van der Waals surface area contributed by atoms with Gasteiger partial charge in [0.25, 0.3) is 0 Å². The molecule has 0 bridgehead atoms. The fourth-order valence-corrected chi connectivity index (χ4v) is 0.880. The van der Waals surface area contributed by atoms with E-state index in [0.29, 0.717) is 0 Å². The molecule has 1 aliphatic heterocycles. The van der Waals surface area contributed by atoms with Crippen LogP contribution in [0.25, 0.3) is 0 Å². The topological polar surface area (TPSA) is 99.4 Å². The second-order valence-electron chi connectivity index (χ2n) is 2.64. The summed E-state index contributed by atoms with van der Waals surface area (Å²) in [5.41, 5.74) is 0. The van der Waals surface area contributed by atoms with Crippen LogP contribution in [0.2, 0.25) is 0 Å². The Morgan fingerprint density at radius 3 is 2.50 bits per heavy atom. The van der Waals surface area contributed by atoms with Crippen molar-refractivity contribution >= 4 is 0 Å². The van der Waals surface area contributed by atoms with Gasteiger partial charge in [0.05, 0.1) is 13.2 Å². The maximum Gasteiger partial charge on any atom is 0.215 e. The van der Waals surface area contributed by atoms with Crippen molar-refractivity contribution in [1.29, 1.82) is 0 Å². The van der Waals surface area contributed by atoms with Crippen molar-refractivity contribution in [2.45, 2.75) is 18.2 Å². The average Bonchev–Trinajstić information content (AvgIpc) is 2.05. The van der Waals surface area contributed by atoms with Crippen molar-refractivity contribution in [3.63, 3.8) is 0 Å². The Morgan fingerprint density at radius 2 is 2.08 bits per heavy atom. The summed E-state index contributed by atoms with van der Waals surface area (Å²) >= 11 is 0. The van der Waals surface area contributed by atoms with E-state index in [9.17, 15) is 5.11 Å². The Bertz CT molecular complexity index is 151. The molecule has 3 unspecified atom stereocenters. The van der Waals surface area contributed by atoms with Crippen LogP contribution in [0.15, 0.2) is 0 Å². The normalized spacial score (nSPS) is 43.0. The van der Waals surface area contributed by atoms with Crippen LogP contribution < -0.4 is 0 Å². The first-order valence-electron chi connectivity index (χ1n) is 3.53. The molecule has 0 aromatic heterocycles. The molecule has 1 aliphatic rings. The average molecular weight is 180 g/mol. The summed E-state index contributed by atoms with van der Waals surface area (Å²) in [6.45, 7) is -1.34. The largest absolute Gasteiger partial charge is 0.393 e. The van der Waals surface area contributed by atoms with E-state index in [1.165, 1.54) is 0 Å². The predicted octanol–water partition coefficient (Wildman–Crippen LogP) is -2.61. The van der Waals surface area contributed by atoms with Crippen LogP contribution in [0.1, 0.15) is 0 Å². The SMILES string of the molecule is OCC1OCC(O)(CO)OC1O. The zero-order valence-corrected chi connectivity index (χ0v) is 6.38. The second-order valence-corrected chi connectivity index (χ2v) is 2.64. The summed E-state index contributed by atoms with van der Waals surface area (Å²) in [4.78, 5) is 0. The van der Waals surface area contributed by atoms with Crippen LogP contribution in [0.5, 0.6) is 0 Å². The molecule has 0 aromatic carbocycles. The van der Waals surface area contributed by atoms with Crippen molar-refractivity contribution in [3.05, 3.63) is 0 Å². The van der Waals surface area contributed by atoms with Crippen LogP contribution in [-0.2, 0) is 9.47 Å². The Labute approximate surface area is 69.0 Å². The van der Waals surface area contributed by atoms with E-state index in [4.69, 9.17) is 20.1 Å². The van der Waals surface area contributed by atoms with Gasteiger partial charge in [-0.15, -0.1) is 0 Å². The summed E-state index contributed by atoms with van der Waals surface area (Å²) in [6, 6.07) is 0. The third-order valence-corrected chi connectivity index (χ3v) is 1.61. The van der Waals surface area contributed by atoms with Gasteiger partial charge in [-0.1, -0.05) is 0 Å². The number of ether oxygens (including phenoxy) is 2. The Kier molecular flexibility index (Phi) is 2.99. The van der Waals surface area contributed by atoms with Crippen molar-refractivity contribution in [3.8, 4) is 0 Å². The lowest BCUT2D eigenvalue weighted by Gasteiger charge is -2.37. The summed E-state index contributed by atoms with van der Waals surface area (Å²) in [5, 5.41) is 35.5. The van der Waals surface area contributed by atoms with Crippen LogP contribution in [0.3, 0.4) is 0 Å². The quantitative estimate of drug-likeness (QED) is 0.371. The van der Waals surface area contributed by atoms with E-state index >= 15 is 0 Å². The Hall–Kier alpha value is -0.240. The molecule has 0 aromatic rings. The molecule has 12 heavy (non-hydrogen) atoms. The molecule has 0 amide bonds. The molecule has 0 radical (unpaired) electrons. The number of hydrogen-bond donors (Lipinski definition) is 4. The zero-order valence-electron chi connectivity index (χ0n) is 6.38. The van der Waals surface area contributed by atoms with E-state index in [1.54, 1.807) is 0 Å². The van der Waals surface area contributed by atoms with Gasteiger partial charge in [-0.25, -0.2) is 0 Å². The maximum absolute atomic E-state index is 9.22. The van der Waals surface area contributed by atoms with Crippen molar-refractivity contribution in [2.24, 2.45) is 0 Å². The van der Waals surface area contributed by atoms with Gasteiger partial charge in [0.1, 0.15) is 12.7 Å². The van der Waals surface area contributed by atoms with Crippen molar-refractivity contribution in [2.75, 3.05) is 19.8 Å². The molecule has 6 heteroatoms. The third-order valence-electron chi connectivity index (χ3n) is 1.61. The first kappa shape index (κ1) is 9.85. The lowest BCUT2D eigenvalue weighted by molar-refractivity contribution is -0.372. The highest BCUT2D eigenvalue weighted by Crippen LogP contribution is 2.19. The van der Waals surface area contributed by atoms with Crippen molar-refractivity contribution in [1.82, 2.24) is 0 Å². The second kappa shape index (κ2) is 3.65. The minimum absolute atomic E-state index is 0.272. The van der Waals surface area contributed by atoms with E-state index in [-0.39, 0.29) is 6.61 Å². The van der Waals surface area contributed by atoms with Crippen LogP contribution >= 0.6 is 0 Å². The van der Waals surface area contributed by atoms with Crippen LogP contribution in [0, 0.1) is 0 Å². The van der Waals surface area contributed by atoms with Gasteiger partial charge < -0.3 is 29.9 Å². The number of rotatable bonds is 2. The molecule has 0 spiro atoms. The van der Waals surface area contributed by atoms with Gasteiger partial charge in [0.2, 0.25) is 5.79 Å². The zero-order chi connectivity index (χ0) is 9.19. The highest BCUT2D eigenvalue weighted by molar-refractivity contribution is 4.75. The lowest BCUT2D eigenvalue weighted by atomic mass is 10.2. The monoisotopic (exact) mass is 180 g/mol. The molecular formula is C6H12O6. The highest BCUT2D eigenvalue weighted by atomic mass is 16.7. The van der Waals surface area contributed by atoms with E-state index in [0.717, 1.165) is 0 Å². The number of aliphatic hydroxyl groups excluding tert-OH is 3. The Balaban J connectivity index is 2.51. The summed E-state index contributed by atoms with van der Waals surface area (Å²) < 4.78 is 9.41. The van der Waals surface area contributed by atoms with Crippen LogP contribution in [0.4, 0.5) is 0 Å². The van der Waals surface area contributed by atoms with Gasteiger partial charge >= 0.3 is 0 Å². The van der Waals surface area contributed by atoms with Gasteiger partial charge in [-0.3, -0.25) is 0 Å². The Morgan fingerprint density at radius 1 is 1.42 bits per heavy atom. The van der Waals surface area contributed by atoms with Gasteiger partial charge in [-0.2, -0.15) is 0 Å². The standard InChI is InChI=1S/C6H12O6/c7-1-4-5(9)12-6(10,2-8)3-11-4/h4-5,7-10H,1-3H2. The molecule has 1 fully saturated rings. The van der Waals surface area contributed by atoms with Gasteiger partial charge in [0, 0.05) is 0 Å². The first-order valence-corrected chi connectivity index (χ1v) is 3.53. The molecule has 1 rings (SSSR count). The fourth-order valence-electron chi connectivity index (χ4n) is 0.880. The molecule has 1 heterocycles. The smallest absolute Gasteiger partial charge is 0.215 e. The molecule has 72 valence electrons. The third kappa shape index (κ3) is 1.92. The van der Waals surface area contributed by atoms with E-state index in [1.807, 2.05) is 0 Å². The number of hydrogen-bond acceptors (Lipinski definition) is 6. The predicted molar refractivity (Wildman–Crippen MR) is 36.0 cm³/mol. The number of aliphatic hydroxyl groups is 4. The van der Waals surface area contributed by atoms with Crippen molar-refractivity contribution < 1.29 is 29.9 Å².